The zero-order chi connectivity index (χ0) is 21.8. The lowest BCUT2D eigenvalue weighted by Crippen LogP contribution is -2.13. The highest BCUT2D eigenvalue weighted by molar-refractivity contribution is 5.98. The lowest BCUT2D eigenvalue weighted by Gasteiger charge is -2.17. The first-order valence-electron chi connectivity index (χ1n) is 9.68. The number of anilines is 1. The van der Waals surface area contributed by atoms with Crippen LogP contribution in [0.5, 0.6) is 5.75 Å². The Morgan fingerprint density at radius 2 is 1.77 bits per heavy atom. The Balaban J connectivity index is 1.71. The van der Waals surface area contributed by atoms with Crippen LogP contribution < -0.4 is 10.5 Å². The lowest BCUT2D eigenvalue weighted by atomic mass is 10.0. The number of fused-ring (bicyclic) bond motifs is 2. The molecular formula is C22H18F3N5O. The van der Waals surface area contributed by atoms with Crippen molar-refractivity contribution < 1.29 is 17.9 Å². The molecule has 6 nitrogen and oxygen atoms in total. The van der Waals surface area contributed by atoms with E-state index in [0.29, 0.717) is 22.3 Å². The van der Waals surface area contributed by atoms with Gasteiger partial charge in [0.2, 0.25) is 0 Å². The number of methoxy groups -OCH3 is 1. The van der Waals surface area contributed by atoms with Gasteiger partial charge in [-0.15, -0.1) is 0 Å². The molecule has 9 heteroatoms. The maximum atomic E-state index is 13.4. The third-order valence-electron chi connectivity index (χ3n) is 5.68. The fourth-order valence-corrected chi connectivity index (χ4v) is 4.28. The Labute approximate surface area is 175 Å². The van der Waals surface area contributed by atoms with Crippen molar-refractivity contribution in [1.82, 2.24) is 19.7 Å². The van der Waals surface area contributed by atoms with Gasteiger partial charge < -0.3 is 10.5 Å². The monoisotopic (exact) mass is 425 g/mol. The number of halogens is 3. The Kier molecular flexibility index (Phi) is 4.35. The normalized spacial score (nSPS) is 14.2. The molecule has 0 unspecified atom stereocenters. The summed E-state index contributed by atoms with van der Waals surface area (Å²) in [7, 11) is 1.22. The van der Waals surface area contributed by atoms with Crippen LogP contribution in [0, 0.1) is 0 Å². The van der Waals surface area contributed by atoms with Crippen molar-refractivity contribution in [3.05, 3.63) is 65.5 Å². The van der Waals surface area contributed by atoms with E-state index in [0.717, 1.165) is 18.9 Å². The molecule has 0 amide bonds. The van der Waals surface area contributed by atoms with Gasteiger partial charge in [-0.1, -0.05) is 30.3 Å². The van der Waals surface area contributed by atoms with Crippen molar-refractivity contribution in [2.24, 2.45) is 0 Å². The van der Waals surface area contributed by atoms with E-state index in [2.05, 4.69) is 27.2 Å². The van der Waals surface area contributed by atoms with Crippen LogP contribution in [-0.2, 0) is 19.0 Å². The predicted molar refractivity (Wildman–Crippen MR) is 110 cm³/mol. The summed E-state index contributed by atoms with van der Waals surface area (Å²) < 4.78 is 47.0. The molecule has 0 fully saturated rings. The molecule has 2 heterocycles. The molecule has 158 valence electrons. The van der Waals surface area contributed by atoms with Gasteiger partial charge in [0, 0.05) is 5.56 Å². The highest BCUT2D eigenvalue weighted by atomic mass is 19.4. The number of ether oxygens (including phenoxy) is 1. The number of nitrogen functional groups attached to an aromatic ring is 1. The van der Waals surface area contributed by atoms with E-state index in [1.807, 2.05) is 16.8 Å². The number of aromatic nitrogens is 4. The first kappa shape index (κ1) is 19.3. The van der Waals surface area contributed by atoms with E-state index in [4.69, 9.17) is 10.5 Å². The molecule has 0 radical (unpaired) electrons. The van der Waals surface area contributed by atoms with Gasteiger partial charge in [-0.2, -0.15) is 18.3 Å². The molecule has 0 aliphatic heterocycles. The summed E-state index contributed by atoms with van der Waals surface area (Å²) in [5.74, 6) is -0.0448. The van der Waals surface area contributed by atoms with Crippen molar-refractivity contribution in [2.45, 2.75) is 25.1 Å². The van der Waals surface area contributed by atoms with Gasteiger partial charge >= 0.3 is 6.18 Å². The molecule has 0 atom stereocenters. The lowest BCUT2D eigenvalue weighted by molar-refractivity contribution is -0.138. The second-order valence-electron chi connectivity index (χ2n) is 7.49. The van der Waals surface area contributed by atoms with Gasteiger partial charge in [0.05, 0.1) is 29.8 Å². The average molecular weight is 425 g/mol. The second-order valence-corrected chi connectivity index (χ2v) is 7.49. The summed E-state index contributed by atoms with van der Waals surface area (Å²) >= 11 is 0. The van der Waals surface area contributed by atoms with Crippen LogP contribution in [0.4, 0.5) is 19.0 Å². The number of hydrogen-bond acceptors (Lipinski definition) is 5. The van der Waals surface area contributed by atoms with E-state index >= 15 is 0 Å². The van der Waals surface area contributed by atoms with Gasteiger partial charge in [-0.25, -0.2) is 9.97 Å². The summed E-state index contributed by atoms with van der Waals surface area (Å²) in [5, 5.41) is 5.18. The molecule has 31 heavy (non-hydrogen) atoms. The quantitative estimate of drug-likeness (QED) is 0.525. The van der Waals surface area contributed by atoms with Gasteiger partial charge in [-0.05, 0) is 36.1 Å². The highest BCUT2D eigenvalue weighted by Crippen LogP contribution is 2.42. The number of benzene rings is 2. The van der Waals surface area contributed by atoms with E-state index in [-0.39, 0.29) is 17.6 Å². The van der Waals surface area contributed by atoms with E-state index in [9.17, 15) is 13.2 Å². The number of hydrogen-bond donors (Lipinski definition) is 1. The molecule has 0 bridgehead atoms. The zero-order valence-corrected chi connectivity index (χ0v) is 16.5. The smallest absolute Gasteiger partial charge is 0.419 e. The van der Waals surface area contributed by atoms with Crippen molar-refractivity contribution in [1.29, 1.82) is 0 Å². The van der Waals surface area contributed by atoms with Crippen molar-refractivity contribution in [3.8, 4) is 17.0 Å². The Morgan fingerprint density at radius 3 is 2.42 bits per heavy atom. The summed E-state index contributed by atoms with van der Waals surface area (Å²) in [6, 6.07) is 11.9. The molecule has 2 aromatic heterocycles. The number of rotatable bonds is 3. The van der Waals surface area contributed by atoms with Crippen molar-refractivity contribution in [2.75, 3.05) is 12.8 Å². The predicted octanol–water partition coefficient (Wildman–Crippen LogP) is 4.44. The van der Waals surface area contributed by atoms with Crippen LogP contribution in [0.3, 0.4) is 0 Å². The van der Waals surface area contributed by atoms with E-state index < -0.39 is 11.7 Å². The largest absolute Gasteiger partial charge is 0.496 e. The number of nitrogens with zero attached hydrogens (tertiary/aromatic N) is 4. The molecular weight excluding hydrogens is 407 g/mol. The second kappa shape index (κ2) is 6.97. The van der Waals surface area contributed by atoms with E-state index in [1.54, 1.807) is 0 Å². The van der Waals surface area contributed by atoms with Gasteiger partial charge in [-0.3, -0.25) is 4.68 Å². The van der Waals surface area contributed by atoms with Crippen molar-refractivity contribution in [3.63, 3.8) is 0 Å². The maximum Gasteiger partial charge on any atom is 0.419 e. The van der Waals surface area contributed by atoms with Crippen LogP contribution in [0.15, 0.2) is 48.8 Å². The molecule has 0 spiro atoms. The maximum absolute atomic E-state index is 13.4. The van der Waals surface area contributed by atoms with Crippen LogP contribution in [-0.4, -0.2) is 26.9 Å². The summed E-state index contributed by atoms with van der Waals surface area (Å²) in [4.78, 5) is 8.31. The number of nitrogens with two attached hydrogens (primary N) is 1. The molecule has 2 aromatic carbocycles. The fraction of sp³-hybridized carbons (Fsp3) is 0.227. The molecule has 4 aromatic rings. The Bertz CT molecular complexity index is 1270. The standard InChI is InChI=1S/C22H18F3N5O/c1-31-17-10-14(6-7-16(17)22(23,24)25)19-18-20(26)27-11-28-21(18)29-30(19)15-8-12-4-2-3-5-13(12)9-15/h2-7,10-11,15H,8-9H2,1H3,(H2,26,27,28,29). The Morgan fingerprint density at radius 1 is 1.06 bits per heavy atom. The van der Waals surface area contributed by atoms with Gasteiger partial charge in [0.1, 0.15) is 17.9 Å². The van der Waals surface area contributed by atoms with Crippen molar-refractivity contribution >= 4 is 16.9 Å². The minimum atomic E-state index is -4.53. The third kappa shape index (κ3) is 3.17. The summed E-state index contributed by atoms with van der Waals surface area (Å²) in [6.45, 7) is 0. The minimum Gasteiger partial charge on any atom is -0.496 e. The molecule has 1 aliphatic rings. The molecule has 5 rings (SSSR count). The average Bonchev–Trinajstić information content (AvgIpc) is 3.34. The first-order valence-corrected chi connectivity index (χ1v) is 9.68. The number of alkyl halides is 3. The fourth-order valence-electron chi connectivity index (χ4n) is 4.28. The van der Waals surface area contributed by atoms with Crippen LogP contribution in [0.25, 0.3) is 22.3 Å². The Hall–Kier alpha value is -3.62. The van der Waals surface area contributed by atoms with Gasteiger partial charge in [0.15, 0.2) is 5.65 Å². The van der Waals surface area contributed by atoms with Gasteiger partial charge in [0.25, 0.3) is 0 Å². The van der Waals surface area contributed by atoms with Crippen LogP contribution >= 0.6 is 0 Å². The highest BCUT2D eigenvalue weighted by Gasteiger charge is 2.35. The third-order valence-corrected chi connectivity index (χ3v) is 5.68. The zero-order valence-electron chi connectivity index (χ0n) is 16.5. The van der Waals surface area contributed by atoms with E-state index in [1.165, 1.54) is 36.7 Å². The summed E-state index contributed by atoms with van der Waals surface area (Å²) in [6.07, 6.45) is -1.69. The first-order chi connectivity index (χ1) is 14.9. The molecule has 0 saturated carbocycles. The minimum absolute atomic E-state index is 0.0192. The van der Waals surface area contributed by atoms with Crippen LogP contribution in [0.1, 0.15) is 22.7 Å². The SMILES string of the molecule is COc1cc(-c2c3c(N)ncnc3nn2C2Cc3ccccc3C2)ccc1C(F)(F)F. The molecule has 1 aliphatic carbocycles. The van der Waals surface area contributed by atoms with Crippen LogP contribution in [0.2, 0.25) is 0 Å². The molecule has 0 saturated heterocycles. The summed E-state index contributed by atoms with van der Waals surface area (Å²) in [5.41, 5.74) is 9.24. The molecule has 2 N–H and O–H groups in total. The topological polar surface area (TPSA) is 78.8 Å².